The highest BCUT2D eigenvalue weighted by Gasteiger charge is 2.10. The van der Waals surface area contributed by atoms with Crippen molar-refractivity contribution in [1.29, 1.82) is 5.26 Å². The first-order valence-electron chi connectivity index (χ1n) is 6.31. The summed E-state index contributed by atoms with van der Waals surface area (Å²) >= 11 is 0. The molecule has 1 nitrogen and oxygen atoms in total. The summed E-state index contributed by atoms with van der Waals surface area (Å²) in [5.74, 6) is 0.376. The third-order valence-electron chi connectivity index (χ3n) is 3.50. The summed E-state index contributed by atoms with van der Waals surface area (Å²) in [6, 6.07) is 8.03. The van der Waals surface area contributed by atoms with Gasteiger partial charge >= 0.3 is 0 Å². The van der Waals surface area contributed by atoms with Crippen LogP contribution in [-0.4, -0.2) is 0 Å². The van der Waals surface area contributed by atoms with Gasteiger partial charge < -0.3 is 0 Å². The molecule has 2 rings (SSSR count). The molecule has 0 atom stereocenters. The standard InChI is InChI=1S/C18H17N/c1-6-14-7-8-15(10-19)17-12(4)9-16(11(2)3)13(5)18(14)17/h6-9,11H,1,4-5H2,2-3H3. The summed E-state index contributed by atoms with van der Waals surface area (Å²) in [6.45, 7) is 16.4. The van der Waals surface area contributed by atoms with Gasteiger partial charge in [0.1, 0.15) is 0 Å². The van der Waals surface area contributed by atoms with Crippen molar-refractivity contribution in [2.75, 3.05) is 0 Å². The number of fused-ring (bicyclic) bond motifs is 1. The van der Waals surface area contributed by atoms with Crippen LogP contribution in [0.3, 0.4) is 0 Å². The molecule has 94 valence electrons. The van der Waals surface area contributed by atoms with E-state index in [0.29, 0.717) is 11.5 Å². The van der Waals surface area contributed by atoms with Gasteiger partial charge in [0.15, 0.2) is 0 Å². The van der Waals surface area contributed by atoms with E-state index in [0.717, 1.165) is 26.8 Å². The van der Waals surface area contributed by atoms with Gasteiger partial charge in [-0.05, 0) is 38.9 Å². The zero-order valence-electron chi connectivity index (χ0n) is 11.5. The van der Waals surface area contributed by atoms with E-state index >= 15 is 0 Å². The summed E-state index contributed by atoms with van der Waals surface area (Å²) in [4.78, 5) is 0. The van der Waals surface area contributed by atoms with Crippen molar-refractivity contribution in [2.24, 2.45) is 0 Å². The minimum atomic E-state index is 0.376. The summed E-state index contributed by atoms with van der Waals surface area (Å²) in [6.07, 6.45) is 1.81. The van der Waals surface area contributed by atoms with Crippen LogP contribution in [0.4, 0.5) is 0 Å². The molecule has 0 N–H and O–H groups in total. The van der Waals surface area contributed by atoms with E-state index in [1.54, 1.807) is 0 Å². The molecule has 1 heteroatoms. The van der Waals surface area contributed by atoms with Gasteiger partial charge in [-0.15, -0.1) is 0 Å². The maximum absolute atomic E-state index is 9.27. The zero-order valence-corrected chi connectivity index (χ0v) is 11.5. The lowest BCUT2D eigenvalue weighted by atomic mass is 9.91. The van der Waals surface area contributed by atoms with Crippen LogP contribution >= 0.6 is 0 Å². The van der Waals surface area contributed by atoms with Crippen LogP contribution in [0.2, 0.25) is 0 Å². The van der Waals surface area contributed by atoms with Crippen LogP contribution in [0, 0.1) is 11.3 Å². The summed E-state index contributed by atoms with van der Waals surface area (Å²) in [7, 11) is 0. The third kappa shape index (κ3) is 1.96. The molecule has 0 radical (unpaired) electrons. The lowest BCUT2D eigenvalue weighted by Gasteiger charge is -2.12. The van der Waals surface area contributed by atoms with Crippen molar-refractivity contribution in [3.63, 3.8) is 0 Å². The number of benzene rings is 2. The Labute approximate surface area is 113 Å². The first-order chi connectivity index (χ1) is 9.01. The fourth-order valence-corrected chi connectivity index (χ4v) is 2.55. The maximum Gasteiger partial charge on any atom is 0.0998 e. The quantitative estimate of drug-likeness (QED) is 0.798. The normalized spacial score (nSPS) is 10.6. The Morgan fingerprint density at radius 1 is 1.21 bits per heavy atom. The van der Waals surface area contributed by atoms with Crippen LogP contribution in [-0.2, 0) is 0 Å². The van der Waals surface area contributed by atoms with Crippen LogP contribution in [0.25, 0.3) is 30.0 Å². The molecule has 0 heterocycles. The highest BCUT2D eigenvalue weighted by Crippen LogP contribution is 2.20. The van der Waals surface area contributed by atoms with Crippen LogP contribution < -0.4 is 10.4 Å². The molecule has 0 saturated heterocycles. The lowest BCUT2D eigenvalue weighted by Crippen LogP contribution is -2.18. The smallest absolute Gasteiger partial charge is 0.0998 e. The highest BCUT2D eigenvalue weighted by atomic mass is 14.2. The molecular formula is C18H17N. The number of rotatable bonds is 2. The fraction of sp³-hybridized carbons (Fsp3) is 0.167. The van der Waals surface area contributed by atoms with Gasteiger partial charge in [-0.2, -0.15) is 5.26 Å². The highest BCUT2D eigenvalue weighted by molar-refractivity contribution is 5.95. The Morgan fingerprint density at radius 3 is 2.42 bits per heavy atom. The third-order valence-corrected chi connectivity index (χ3v) is 3.50. The van der Waals surface area contributed by atoms with Crippen molar-refractivity contribution in [3.05, 3.63) is 51.9 Å². The maximum atomic E-state index is 9.27. The molecule has 19 heavy (non-hydrogen) atoms. The molecule has 0 aliphatic heterocycles. The van der Waals surface area contributed by atoms with Crippen molar-refractivity contribution in [1.82, 2.24) is 0 Å². The van der Waals surface area contributed by atoms with E-state index < -0.39 is 0 Å². The van der Waals surface area contributed by atoms with E-state index in [4.69, 9.17) is 0 Å². The minimum Gasteiger partial charge on any atom is -0.192 e. The van der Waals surface area contributed by atoms with Gasteiger partial charge in [0.25, 0.3) is 0 Å². The predicted molar refractivity (Wildman–Crippen MR) is 83.1 cm³/mol. The first kappa shape index (κ1) is 13.1. The molecule has 0 amide bonds. The Hall–Kier alpha value is -2.33. The van der Waals surface area contributed by atoms with Gasteiger partial charge in [0.05, 0.1) is 11.6 Å². The molecule has 0 saturated carbocycles. The van der Waals surface area contributed by atoms with Crippen LogP contribution in [0.1, 0.15) is 36.5 Å². The van der Waals surface area contributed by atoms with Crippen molar-refractivity contribution in [3.8, 4) is 6.07 Å². The Kier molecular flexibility index (Phi) is 3.27. The second-order valence-corrected chi connectivity index (χ2v) is 5.03. The van der Waals surface area contributed by atoms with Gasteiger partial charge in [0, 0.05) is 5.39 Å². The summed E-state index contributed by atoms with van der Waals surface area (Å²) in [5.41, 5.74) is 2.83. The van der Waals surface area contributed by atoms with Gasteiger partial charge in [-0.1, -0.05) is 51.8 Å². The monoisotopic (exact) mass is 247 g/mol. The second kappa shape index (κ2) is 4.74. The first-order valence-corrected chi connectivity index (χ1v) is 6.31. The Balaban J connectivity index is 3.16. The van der Waals surface area contributed by atoms with Crippen molar-refractivity contribution in [2.45, 2.75) is 19.8 Å². The number of nitrogens with zero attached hydrogens (tertiary/aromatic N) is 1. The van der Waals surface area contributed by atoms with E-state index in [9.17, 15) is 5.26 Å². The molecule has 0 spiro atoms. The molecule has 0 aliphatic rings. The van der Waals surface area contributed by atoms with Crippen molar-refractivity contribution < 1.29 is 0 Å². The molecule has 0 bridgehead atoms. The molecule has 2 aromatic rings. The van der Waals surface area contributed by atoms with Gasteiger partial charge in [0.2, 0.25) is 0 Å². The molecule has 0 fully saturated rings. The SMILES string of the molecule is C=Cc1ccc(C#N)c2c(=C)cc(C(C)C)c(=C)c12. The zero-order chi connectivity index (χ0) is 14.2. The minimum absolute atomic E-state index is 0.376. The van der Waals surface area contributed by atoms with Crippen LogP contribution in [0.15, 0.2) is 24.8 Å². The molecule has 0 aromatic heterocycles. The van der Waals surface area contributed by atoms with E-state index in [1.165, 1.54) is 5.56 Å². The fourth-order valence-electron chi connectivity index (χ4n) is 2.55. The topological polar surface area (TPSA) is 23.8 Å². The lowest BCUT2D eigenvalue weighted by molar-refractivity contribution is 0.861. The molecule has 0 aliphatic carbocycles. The Bertz CT molecular complexity index is 804. The molecular weight excluding hydrogens is 230 g/mol. The van der Waals surface area contributed by atoms with Crippen LogP contribution in [0.5, 0.6) is 0 Å². The van der Waals surface area contributed by atoms with Gasteiger partial charge in [-0.25, -0.2) is 0 Å². The Morgan fingerprint density at radius 2 is 1.89 bits per heavy atom. The number of hydrogen-bond acceptors (Lipinski definition) is 1. The average Bonchev–Trinajstić information content (AvgIpc) is 2.40. The number of hydrogen-bond donors (Lipinski definition) is 0. The van der Waals surface area contributed by atoms with Gasteiger partial charge in [-0.3, -0.25) is 0 Å². The van der Waals surface area contributed by atoms with E-state index in [1.807, 2.05) is 24.3 Å². The average molecular weight is 247 g/mol. The predicted octanol–water partition coefficient (Wildman–Crippen LogP) is 3.30. The van der Waals surface area contributed by atoms with Crippen molar-refractivity contribution >= 4 is 30.0 Å². The second-order valence-electron chi connectivity index (χ2n) is 5.03. The molecule has 2 aromatic carbocycles. The summed E-state index contributed by atoms with van der Waals surface area (Å²) in [5, 5.41) is 13.0. The van der Waals surface area contributed by atoms with E-state index in [2.05, 4.69) is 39.7 Å². The van der Waals surface area contributed by atoms with E-state index in [-0.39, 0.29) is 0 Å². The number of nitriles is 1. The summed E-state index contributed by atoms with van der Waals surface area (Å²) < 4.78 is 0. The largest absolute Gasteiger partial charge is 0.192 e. The molecule has 0 unspecified atom stereocenters.